The van der Waals surface area contributed by atoms with Crippen LogP contribution in [-0.2, 0) is 12.6 Å². The fourth-order valence-electron chi connectivity index (χ4n) is 1.99. The second kappa shape index (κ2) is 6.58. The van der Waals surface area contributed by atoms with E-state index in [-0.39, 0.29) is 11.9 Å². The second-order valence-corrected chi connectivity index (χ2v) is 4.69. The molecule has 0 bridgehead atoms. The molecule has 0 spiro atoms. The topological polar surface area (TPSA) is 50.9 Å². The van der Waals surface area contributed by atoms with Crippen molar-refractivity contribution in [2.24, 2.45) is 5.73 Å². The summed E-state index contributed by atoms with van der Waals surface area (Å²) in [7, 11) is 0. The molecule has 1 atom stereocenters. The molecule has 2 rings (SSSR count). The Balaban J connectivity index is 2.08. The number of hydrogen-bond acceptors (Lipinski definition) is 3. The molecule has 3 N–H and O–H groups in total. The van der Waals surface area contributed by atoms with E-state index in [0.29, 0.717) is 13.0 Å². The molecule has 0 radical (unpaired) electrons. The summed E-state index contributed by atoms with van der Waals surface area (Å²) in [5, 5.41) is 2.95. The number of aromatic nitrogens is 1. The first-order chi connectivity index (χ1) is 9.99. The van der Waals surface area contributed by atoms with E-state index >= 15 is 0 Å². The standard InChI is InChI=1S/C15H16F3N3/c16-15(17,18)12-6-7-20-14(9-12)21-13(10-19)8-11-4-2-1-3-5-11/h1-7,9,13H,8,10,19H2,(H,20,21). The quantitative estimate of drug-likeness (QED) is 0.891. The predicted molar refractivity (Wildman–Crippen MR) is 75.9 cm³/mol. The summed E-state index contributed by atoms with van der Waals surface area (Å²) in [4.78, 5) is 3.92. The first-order valence-electron chi connectivity index (χ1n) is 6.53. The Hall–Kier alpha value is -2.08. The van der Waals surface area contributed by atoms with Crippen LogP contribution in [0.3, 0.4) is 0 Å². The first-order valence-corrected chi connectivity index (χ1v) is 6.53. The maximum Gasteiger partial charge on any atom is 0.416 e. The normalized spacial score (nSPS) is 13.0. The highest BCUT2D eigenvalue weighted by molar-refractivity contribution is 5.40. The number of rotatable bonds is 5. The van der Waals surface area contributed by atoms with E-state index in [1.165, 1.54) is 0 Å². The molecule has 0 saturated heterocycles. The van der Waals surface area contributed by atoms with Crippen molar-refractivity contribution in [3.63, 3.8) is 0 Å². The zero-order valence-corrected chi connectivity index (χ0v) is 11.3. The van der Waals surface area contributed by atoms with Gasteiger partial charge in [0.15, 0.2) is 0 Å². The molecule has 0 aliphatic rings. The van der Waals surface area contributed by atoms with Crippen LogP contribution < -0.4 is 11.1 Å². The summed E-state index contributed by atoms with van der Waals surface area (Å²) in [5.74, 6) is 0.177. The highest BCUT2D eigenvalue weighted by atomic mass is 19.4. The number of hydrogen-bond donors (Lipinski definition) is 2. The summed E-state index contributed by atoms with van der Waals surface area (Å²) < 4.78 is 38.0. The third kappa shape index (κ3) is 4.46. The van der Waals surface area contributed by atoms with Crippen LogP contribution in [0.4, 0.5) is 19.0 Å². The number of nitrogens with one attached hydrogen (secondary N) is 1. The van der Waals surface area contributed by atoms with E-state index in [4.69, 9.17) is 5.73 Å². The second-order valence-electron chi connectivity index (χ2n) is 4.69. The van der Waals surface area contributed by atoms with Crippen LogP contribution in [0.15, 0.2) is 48.7 Å². The average molecular weight is 295 g/mol. The lowest BCUT2D eigenvalue weighted by molar-refractivity contribution is -0.137. The molecule has 6 heteroatoms. The maximum absolute atomic E-state index is 12.7. The van der Waals surface area contributed by atoms with E-state index in [9.17, 15) is 13.2 Å². The molecule has 3 nitrogen and oxygen atoms in total. The fourth-order valence-corrected chi connectivity index (χ4v) is 1.99. The third-order valence-corrected chi connectivity index (χ3v) is 3.05. The molecular weight excluding hydrogens is 279 g/mol. The Morgan fingerprint density at radius 3 is 2.48 bits per heavy atom. The molecule has 2 aromatic rings. The molecule has 1 unspecified atom stereocenters. The van der Waals surface area contributed by atoms with Crippen LogP contribution >= 0.6 is 0 Å². The van der Waals surface area contributed by atoms with Gasteiger partial charge in [-0.25, -0.2) is 4.98 Å². The van der Waals surface area contributed by atoms with Crippen molar-refractivity contribution < 1.29 is 13.2 Å². The molecule has 1 heterocycles. The minimum absolute atomic E-state index is 0.177. The van der Waals surface area contributed by atoms with Crippen molar-refractivity contribution in [1.29, 1.82) is 0 Å². The van der Waals surface area contributed by atoms with Crippen molar-refractivity contribution in [2.45, 2.75) is 18.6 Å². The number of benzene rings is 1. The largest absolute Gasteiger partial charge is 0.416 e. The van der Waals surface area contributed by atoms with Crippen LogP contribution in [0.1, 0.15) is 11.1 Å². The van der Waals surface area contributed by atoms with Crippen LogP contribution in [0.2, 0.25) is 0 Å². The van der Waals surface area contributed by atoms with E-state index in [1.807, 2.05) is 30.3 Å². The summed E-state index contributed by atoms with van der Waals surface area (Å²) in [6.07, 6.45) is -2.62. The van der Waals surface area contributed by atoms with Crippen molar-refractivity contribution in [3.8, 4) is 0 Å². The number of halogens is 3. The van der Waals surface area contributed by atoms with Crippen molar-refractivity contribution >= 4 is 5.82 Å². The number of anilines is 1. The van der Waals surface area contributed by atoms with E-state index < -0.39 is 11.7 Å². The number of nitrogens with zero attached hydrogens (tertiary/aromatic N) is 1. The zero-order valence-electron chi connectivity index (χ0n) is 11.3. The van der Waals surface area contributed by atoms with Crippen molar-refractivity contribution in [2.75, 3.05) is 11.9 Å². The van der Waals surface area contributed by atoms with Gasteiger partial charge in [0.2, 0.25) is 0 Å². The van der Waals surface area contributed by atoms with Gasteiger partial charge >= 0.3 is 6.18 Å². The Morgan fingerprint density at radius 1 is 1.14 bits per heavy atom. The average Bonchev–Trinajstić information content (AvgIpc) is 2.47. The van der Waals surface area contributed by atoms with Gasteiger partial charge in [-0.15, -0.1) is 0 Å². The minimum atomic E-state index is -4.38. The minimum Gasteiger partial charge on any atom is -0.366 e. The van der Waals surface area contributed by atoms with Crippen LogP contribution in [-0.4, -0.2) is 17.6 Å². The van der Waals surface area contributed by atoms with Gasteiger partial charge in [-0.05, 0) is 24.1 Å². The van der Waals surface area contributed by atoms with Crippen LogP contribution in [0.5, 0.6) is 0 Å². The summed E-state index contributed by atoms with van der Waals surface area (Å²) in [6.45, 7) is 0.298. The molecule has 112 valence electrons. The highest BCUT2D eigenvalue weighted by Crippen LogP contribution is 2.30. The van der Waals surface area contributed by atoms with E-state index in [2.05, 4.69) is 10.3 Å². The van der Waals surface area contributed by atoms with Gasteiger partial charge in [-0.1, -0.05) is 30.3 Å². The Kier molecular flexibility index (Phi) is 4.80. The molecule has 0 fully saturated rings. The molecule has 0 amide bonds. The van der Waals surface area contributed by atoms with Gasteiger partial charge in [0.25, 0.3) is 0 Å². The monoisotopic (exact) mass is 295 g/mol. The summed E-state index contributed by atoms with van der Waals surface area (Å²) >= 11 is 0. The number of nitrogens with two attached hydrogens (primary N) is 1. The smallest absolute Gasteiger partial charge is 0.366 e. The molecule has 0 aliphatic carbocycles. The van der Waals surface area contributed by atoms with Gasteiger partial charge in [0, 0.05) is 18.8 Å². The molecular formula is C15H16F3N3. The lowest BCUT2D eigenvalue weighted by Crippen LogP contribution is -2.31. The number of alkyl halides is 3. The Labute approximate surface area is 121 Å². The molecule has 21 heavy (non-hydrogen) atoms. The predicted octanol–water partition coefficient (Wildman–Crippen LogP) is 3.08. The lowest BCUT2D eigenvalue weighted by Gasteiger charge is -2.18. The SMILES string of the molecule is NCC(Cc1ccccc1)Nc1cc(C(F)(F)F)ccn1. The van der Waals surface area contributed by atoms with Crippen LogP contribution in [0, 0.1) is 0 Å². The van der Waals surface area contributed by atoms with Gasteiger partial charge in [0.05, 0.1) is 5.56 Å². The Morgan fingerprint density at radius 2 is 1.86 bits per heavy atom. The van der Waals surface area contributed by atoms with E-state index in [1.54, 1.807) is 0 Å². The molecule has 1 aromatic carbocycles. The van der Waals surface area contributed by atoms with Gasteiger partial charge in [-0.3, -0.25) is 0 Å². The Bertz CT molecular complexity index is 570. The summed E-state index contributed by atoms with van der Waals surface area (Å²) in [6, 6.07) is 11.4. The summed E-state index contributed by atoms with van der Waals surface area (Å²) in [5.41, 5.74) is 6.02. The van der Waals surface area contributed by atoms with Gasteiger partial charge < -0.3 is 11.1 Å². The van der Waals surface area contributed by atoms with Crippen LogP contribution in [0.25, 0.3) is 0 Å². The highest BCUT2D eigenvalue weighted by Gasteiger charge is 2.30. The van der Waals surface area contributed by atoms with Gasteiger partial charge in [0.1, 0.15) is 5.82 Å². The molecule has 1 aromatic heterocycles. The maximum atomic E-state index is 12.7. The fraction of sp³-hybridized carbons (Fsp3) is 0.267. The number of pyridine rings is 1. The van der Waals surface area contributed by atoms with Crippen molar-refractivity contribution in [1.82, 2.24) is 4.98 Å². The lowest BCUT2D eigenvalue weighted by atomic mass is 10.1. The third-order valence-electron chi connectivity index (χ3n) is 3.05. The van der Waals surface area contributed by atoms with Gasteiger partial charge in [-0.2, -0.15) is 13.2 Å². The molecule has 0 aliphatic heterocycles. The van der Waals surface area contributed by atoms with E-state index in [0.717, 1.165) is 23.9 Å². The zero-order chi connectivity index (χ0) is 15.3. The first kappa shape index (κ1) is 15.3. The molecule has 0 saturated carbocycles. The van der Waals surface area contributed by atoms with Crippen molar-refractivity contribution in [3.05, 3.63) is 59.8 Å².